The zero-order valence-electron chi connectivity index (χ0n) is 15.0. The highest BCUT2D eigenvalue weighted by Gasteiger charge is 2.25. The molecule has 1 aromatic heterocycles. The Balaban J connectivity index is 1.40. The number of para-hydroxylation sites is 3. The van der Waals surface area contributed by atoms with Crippen molar-refractivity contribution in [2.45, 2.75) is 25.7 Å². The van der Waals surface area contributed by atoms with Gasteiger partial charge < -0.3 is 10.3 Å². The molecular weight excluding hydrogens is 324 g/mol. The van der Waals surface area contributed by atoms with Crippen molar-refractivity contribution < 1.29 is 4.79 Å². The van der Waals surface area contributed by atoms with E-state index in [1.54, 1.807) is 0 Å². The van der Waals surface area contributed by atoms with E-state index in [1.807, 2.05) is 49.4 Å². The number of rotatable bonds is 4. The summed E-state index contributed by atoms with van der Waals surface area (Å²) in [6.45, 7) is 4.25. The highest BCUT2D eigenvalue weighted by atomic mass is 16.2. The Morgan fingerprint density at radius 1 is 1.23 bits per heavy atom. The molecule has 5 nitrogen and oxygen atoms in total. The number of hydrogen-bond acceptors (Lipinski definition) is 3. The number of aromatic amines is 1. The molecule has 134 valence electrons. The fourth-order valence-corrected chi connectivity index (χ4v) is 3.69. The Bertz CT molecular complexity index is 884. The van der Waals surface area contributed by atoms with Gasteiger partial charge in [0.2, 0.25) is 5.91 Å². The fraction of sp³-hybridized carbons (Fsp3) is 0.333. The van der Waals surface area contributed by atoms with E-state index in [9.17, 15) is 4.79 Å². The summed E-state index contributed by atoms with van der Waals surface area (Å²) in [6.07, 6.45) is 2.19. The molecule has 0 spiro atoms. The third-order valence-electron chi connectivity index (χ3n) is 5.09. The van der Waals surface area contributed by atoms with E-state index < -0.39 is 0 Å². The molecule has 0 radical (unpaired) electrons. The van der Waals surface area contributed by atoms with Crippen LogP contribution in [0.15, 0.2) is 48.5 Å². The molecular formula is C21H24N4O. The van der Waals surface area contributed by atoms with E-state index in [0.29, 0.717) is 12.5 Å². The van der Waals surface area contributed by atoms with E-state index in [-0.39, 0.29) is 5.91 Å². The fourth-order valence-electron chi connectivity index (χ4n) is 3.69. The average molecular weight is 348 g/mol. The molecule has 5 heteroatoms. The number of nitrogens with zero attached hydrogens (tertiary/aromatic N) is 2. The maximum Gasteiger partial charge on any atom is 0.238 e. The van der Waals surface area contributed by atoms with Gasteiger partial charge in [0.15, 0.2) is 0 Å². The molecule has 2 aromatic carbocycles. The van der Waals surface area contributed by atoms with Gasteiger partial charge in [-0.3, -0.25) is 9.69 Å². The normalized spacial score (nSPS) is 18.1. The molecule has 1 amide bonds. The zero-order valence-corrected chi connectivity index (χ0v) is 15.0. The van der Waals surface area contributed by atoms with Crippen LogP contribution in [0.1, 0.15) is 30.1 Å². The van der Waals surface area contributed by atoms with Gasteiger partial charge >= 0.3 is 0 Å². The summed E-state index contributed by atoms with van der Waals surface area (Å²) < 4.78 is 0. The van der Waals surface area contributed by atoms with Crippen LogP contribution in [-0.2, 0) is 4.79 Å². The second-order valence-corrected chi connectivity index (χ2v) is 7.08. The molecule has 0 aliphatic carbocycles. The minimum atomic E-state index is 0.0459. The van der Waals surface area contributed by atoms with Crippen molar-refractivity contribution in [2.75, 3.05) is 25.0 Å². The number of benzene rings is 2. The van der Waals surface area contributed by atoms with Crippen LogP contribution in [0.5, 0.6) is 0 Å². The van der Waals surface area contributed by atoms with Gasteiger partial charge in [0, 0.05) is 18.2 Å². The minimum Gasteiger partial charge on any atom is -0.342 e. The van der Waals surface area contributed by atoms with Gasteiger partial charge in [-0.2, -0.15) is 0 Å². The number of likely N-dealkylation sites (tertiary alicyclic amines) is 1. The van der Waals surface area contributed by atoms with Crippen LogP contribution in [0.4, 0.5) is 5.69 Å². The number of carbonyl (C=O) groups excluding carboxylic acids is 1. The van der Waals surface area contributed by atoms with Gasteiger partial charge in [-0.05, 0) is 50.1 Å². The number of amides is 1. The third-order valence-corrected chi connectivity index (χ3v) is 5.09. The summed E-state index contributed by atoms with van der Waals surface area (Å²) in [5.41, 5.74) is 4.07. The first-order chi connectivity index (χ1) is 12.7. The molecule has 1 atom stereocenters. The lowest BCUT2D eigenvalue weighted by atomic mass is 9.97. The maximum absolute atomic E-state index is 12.4. The SMILES string of the molecule is Cc1ccccc1NC(=O)CN1CCCC(c2nc3ccccc3[nH]2)C1. The largest absolute Gasteiger partial charge is 0.342 e. The zero-order chi connectivity index (χ0) is 17.9. The lowest BCUT2D eigenvalue weighted by Crippen LogP contribution is -2.40. The Morgan fingerprint density at radius 3 is 2.88 bits per heavy atom. The Morgan fingerprint density at radius 2 is 2.04 bits per heavy atom. The molecule has 3 aromatic rings. The molecule has 0 bridgehead atoms. The summed E-state index contributed by atoms with van der Waals surface area (Å²) in [4.78, 5) is 22.9. The molecule has 1 saturated heterocycles. The van der Waals surface area contributed by atoms with Gasteiger partial charge in [0.1, 0.15) is 5.82 Å². The van der Waals surface area contributed by atoms with Crippen LogP contribution in [-0.4, -0.2) is 40.4 Å². The second-order valence-electron chi connectivity index (χ2n) is 7.08. The topological polar surface area (TPSA) is 61.0 Å². The molecule has 2 heterocycles. The highest BCUT2D eigenvalue weighted by Crippen LogP contribution is 2.26. The van der Waals surface area contributed by atoms with Crippen molar-refractivity contribution in [3.05, 3.63) is 59.9 Å². The first-order valence-corrected chi connectivity index (χ1v) is 9.21. The van der Waals surface area contributed by atoms with E-state index >= 15 is 0 Å². The van der Waals surface area contributed by atoms with Crippen molar-refractivity contribution >= 4 is 22.6 Å². The van der Waals surface area contributed by atoms with Crippen LogP contribution in [0.3, 0.4) is 0 Å². The van der Waals surface area contributed by atoms with Crippen LogP contribution >= 0.6 is 0 Å². The number of piperidine rings is 1. The van der Waals surface area contributed by atoms with Crippen molar-refractivity contribution in [1.82, 2.24) is 14.9 Å². The molecule has 4 rings (SSSR count). The summed E-state index contributed by atoms with van der Waals surface area (Å²) in [6, 6.07) is 16.0. The van der Waals surface area contributed by atoms with Crippen LogP contribution < -0.4 is 5.32 Å². The average Bonchev–Trinajstić information content (AvgIpc) is 3.08. The number of aromatic nitrogens is 2. The number of anilines is 1. The predicted octanol–water partition coefficient (Wildman–Crippen LogP) is 3.69. The number of nitrogens with one attached hydrogen (secondary N) is 2. The molecule has 1 aliphatic rings. The van der Waals surface area contributed by atoms with Crippen LogP contribution in [0, 0.1) is 6.92 Å². The monoisotopic (exact) mass is 348 g/mol. The summed E-state index contributed by atoms with van der Waals surface area (Å²) in [5.74, 6) is 1.43. The van der Waals surface area contributed by atoms with Crippen molar-refractivity contribution in [2.24, 2.45) is 0 Å². The number of carbonyl (C=O) groups is 1. The van der Waals surface area contributed by atoms with Gasteiger partial charge in [-0.25, -0.2) is 4.98 Å². The number of hydrogen-bond donors (Lipinski definition) is 2. The Labute approximate surface area is 153 Å². The molecule has 2 N–H and O–H groups in total. The second kappa shape index (κ2) is 7.30. The highest BCUT2D eigenvalue weighted by molar-refractivity contribution is 5.92. The molecule has 1 unspecified atom stereocenters. The van der Waals surface area contributed by atoms with Crippen molar-refractivity contribution in [3.8, 4) is 0 Å². The minimum absolute atomic E-state index is 0.0459. The standard InChI is InChI=1S/C21H24N4O/c1-15-7-2-3-9-17(15)22-20(26)14-25-12-6-8-16(13-25)21-23-18-10-4-5-11-19(18)24-21/h2-5,7,9-11,16H,6,8,12-14H2,1H3,(H,22,26)(H,23,24). The quantitative estimate of drug-likeness (QED) is 0.756. The molecule has 0 saturated carbocycles. The summed E-state index contributed by atoms with van der Waals surface area (Å²) in [7, 11) is 0. The molecule has 1 fully saturated rings. The van der Waals surface area contributed by atoms with Gasteiger partial charge in [-0.1, -0.05) is 30.3 Å². The van der Waals surface area contributed by atoms with E-state index in [2.05, 4.69) is 21.3 Å². The van der Waals surface area contributed by atoms with Crippen LogP contribution in [0.25, 0.3) is 11.0 Å². The first-order valence-electron chi connectivity index (χ1n) is 9.21. The van der Waals surface area contributed by atoms with Gasteiger partial charge in [-0.15, -0.1) is 0 Å². The Kier molecular flexibility index (Phi) is 4.71. The van der Waals surface area contributed by atoms with Crippen molar-refractivity contribution in [3.63, 3.8) is 0 Å². The summed E-state index contributed by atoms with van der Waals surface area (Å²) >= 11 is 0. The smallest absolute Gasteiger partial charge is 0.238 e. The predicted molar refractivity (Wildman–Crippen MR) is 104 cm³/mol. The third kappa shape index (κ3) is 3.63. The Hall–Kier alpha value is -2.66. The van der Waals surface area contributed by atoms with Gasteiger partial charge in [0.25, 0.3) is 0 Å². The van der Waals surface area contributed by atoms with Gasteiger partial charge in [0.05, 0.1) is 17.6 Å². The summed E-state index contributed by atoms with van der Waals surface area (Å²) in [5, 5.41) is 3.03. The number of fused-ring (bicyclic) bond motifs is 1. The number of H-pyrrole nitrogens is 1. The molecule has 1 aliphatic heterocycles. The molecule has 26 heavy (non-hydrogen) atoms. The number of imidazole rings is 1. The maximum atomic E-state index is 12.4. The lowest BCUT2D eigenvalue weighted by Gasteiger charge is -2.31. The van der Waals surface area contributed by atoms with Crippen LogP contribution in [0.2, 0.25) is 0 Å². The van der Waals surface area contributed by atoms with E-state index in [0.717, 1.165) is 54.0 Å². The van der Waals surface area contributed by atoms with Crippen molar-refractivity contribution in [1.29, 1.82) is 0 Å². The first kappa shape index (κ1) is 16.8. The van der Waals surface area contributed by atoms with E-state index in [1.165, 1.54) is 0 Å². The lowest BCUT2D eigenvalue weighted by molar-refractivity contribution is -0.117. The van der Waals surface area contributed by atoms with E-state index in [4.69, 9.17) is 4.98 Å². The number of aryl methyl sites for hydroxylation is 1.